The number of carbonyl (C=O) groups excluding carboxylic acids is 1. The Bertz CT molecular complexity index is 495. The Morgan fingerprint density at radius 2 is 2.32 bits per heavy atom. The summed E-state index contributed by atoms with van der Waals surface area (Å²) in [6, 6.07) is -0.302. The number of rotatable bonds is 6. The first-order chi connectivity index (χ1) is 10.5. The highest BCUT2D eigenvalue weighted by Gasteiger charge is 2.28. The van der Waals surface area contributed by atoms with Crippen LogP contribution in [0.25, 0.3) is 0 Å². The summed E-state index contributed by atoms with van der Waals surface area (Å²) in [7, 11) is 0. The van der Waals surface area contributed by atoms with Crippen molar-refractivity contribution >= 4 is 6.03 Å². The summed E-state index contributed by atoms with van der Waals surface area (Å²) in [5.74, 6) is 1.28. The van der Waals surface area contributed by atoms with Crippen molar-refractivity contribution in [2.45, 2.75) is 45.3 Å². The maximum atomic E-state index is 12.1. The molecular formula is C13H20F2N4O3. The van der Waals surface area contributed by atoms with E-state index in [4.69, 9.17) is 4.52 Å². The van der Waals surface area contributed by atoms with E-state index in [0.717, 1.165) is 0 Å². The molecule has 0 aliphatic carbocycles. The lowest BCUT2D eigenvalue weighted by Gasteiger charge is -2.17. The summed E-state index contributed by atoms with van der Waals surface area (Å²) in [5, 5.41) is 6.53. The Balaban J connectivity index is 1.69. The summed E-state index contributed by atoms with van der Waals surface area (Å²) in [5.41, 5.74) is 0. The van der Waals surface area contributed by atoms with Crippen LogP contribution in [0.15, 0.2) is 4.52 Å². The Labute approximate surface area is 127 Å². The van der Waals surface area contributed by atoms with Crippen molar-refractivity contribution in [1.29, 1.82) is 0 Å². The molecule has 9 heteroatoms. The zero-order chi connectivity index (χ0) is 16.1. The van der Waals surface area contributed by atoms with E-state index in [1.54, 1.807) is 0 Å². The fourth-order valence-electron chi connectivity index (χ4n) is 2.16. The number of hydrogen-bond donors (Lipinski definition) is 1. The van der Waals surface area contributed by atoms with Crippen molar-refractivity contribution in [2.75, 3.05) is 19.6 Å². The molecule has 7 nitrogen and oxygen atoms in total. The molecule has 1 fully saturated rings. The van der Waals surface area contributed by atoms with Crippen LogP contribution in [0.2, 0.25) is 0 Å². The lowest BCUT2D eigenvalue weighted by molar-refractivity contribution is -0.158. The number of alkyl halides is 2. The Morgan fingerprint density at radius 3 is 2.95 bits per heavy atom. The third-order valence-electron chi connectivity index (χ3n) is 3.34. The van der Waals surface area contributed by atoms with E-state index in [0.29, 0.717) is 37.6 Å². The van der Waals surface area contributed by atoms with Crippen LogP contribution in [0, 0.1) is 0 Å². The zero-order valence-electron chi connectivity index (χ0n) is 12.6. The molecule has 2 amide bonds. The Morgan fingerprint density at radius 1 is 1.55 bits per heavy atom. The van der Waals surface area contributed by atoms with Gasteiger partial charge in [0.05, 0.1) is 6.10 Å². The summed E-state index contributed by atoms with van der Waals surface area (Å²) in [6.45, 7) is 2.04. The van der Waals surface area contributed by atoms with Crippen LogP contribution in [0.3, 0.4) is 0 Å². The number of halogens is 2. The number of nitrogens with zero attached hydrogens (tertiary/aromatic N) is 3. The van der Waals surface area contributed by atoms with Gasteiger partial charge in [0.25, 0.3) is 0 Å². The van der Waals surface area contributed by atoms with Gasteiger partial charge in [-0.2, -0.15) is 13.8 Å². The number of amides is 2. The van der Waals surface area contributed by atoms with Gasteiger partial charge in [-0.1, -0.05) is 19.0 Å². The van der Waals surface area contributed by atoms with E-state index in [1.165, 1.54) is 4.90 Å². The first-order valence-electron chi connectivity index (χ1n) is 7.24. The molecular weight excluding hydrogens is 298 g/mol. The molecule has 1 saturated heterocycles. The van der Waals surface area contributed by atoms with Crippen LogP contribution < -0.4 is 5.32 Å². The summed E-state index contributed by atoms with van der Waals surface area (Å²) in [4.78, 5) is 17.5. The molecule has 1 atom stereocenters. The number of nitrogens with one attached hydrogen (secondary N) is 1. The number of aromatic nitrogens is 2. The molecule has 2 rings (SSSR count). The molecule has 0 bridgehead atoms. The number of hydrogen-bond acceptors (Lipinski definition) is 5. The van der Waals surface area contributed by atoms with Gasteiger partial charge in [-0.3, -0.25) is 0 Å². The van der Waals surface area contributed by atoms with E-state index in [9.17, 15) is 13.6 Å². The zero-order valence-corrected chi connectivity index (χ0v) is 12.6. The lowest BCUT2D eigenvalue weighted by atomic mass is 10.2. The van der Waals surface area contributed by atoms with Crippen LogP contribution in [0.5, 0.6) is 0 Å². The summed E-state index contributed by atoms with van der Waals surface area (Å²) in [6.07, 6.45) is 0.241. The van der Waals surface area contributed by atoms with Gasteiger partial charge >= 0.3 is 12.6 Å². The van der Waals surface area contributed by atoms with Crippen molar-refractivity contribution in [2.24, 2.45) is 0 Å². The highest BCUT2D eigenvalue weighted by Crippen LogP contribution is 2.15. The van der Waals surface area contributed by atoms with E-state index in [2.05, 4.69) is 20.2 Å². The van der Waals surface area contributed by atoms with Gasteiger partial charge in [0.15, 0.2) is 5.82 Å². The molecule has 0 saturated carbocycles. The van der Waals surface area contributed by atoms with Gasteiger partial charge in [-0.05, 0) is 6.42 Å². The third kappa shape index (κ3) is 4.62. The van der Waals surface area contributed by atoms with Crippen molar-refractivity contribution in [3.63, 3.8) is 0 Å². The highest BCUT2D eigenvalue weighted by atomic mass is 19.3. The monoisotopic (exact) mass is 318 g/mol. The molecule has 0 spiro atoms. The van der Waals surface area contributed by atoms with Gasteiger partial charge in [0.2, 0.25) is 5.89 Å². The van der Waals surface area contributed by atoms with Crippen LogP contribution in [-0.2, 0) is 11.2 Å². The van der Waals surface area contributed by atoms with E-state index in [-0.39, 0.29) is 18.5 Å². The molecule has 0 radical (unpaired) electrons. The number of ether oxygens (including phenoxy) is 1. The lowest BCUT2D eigenvalue weighted by Crippen LogP contribution is -2.40. The largest absolute Gasteiger partial charge is 0.345 e. The average Bonchev–Trinajstić information content (AvgIpc) is 3.07. The fourth-order valence-corrected chi connectivity index (χ4v) is 2.16. The predicted molar refractivity (Wildman–Crippen MR) is 72.6 cm³/mol. The summed E-state index contributed by atoms with van der Waals surface area (Å²) < 4.78 is 33.7. The van der Waals surface area contributed by atoms with E-state index >= 15 is 0 Å². The van der Waals surface area contributed by atoms with Crippen LogP contribution in [-0.4, -0.2) is 53.4 Å². The van der Waals surface area contributed by atoms with Gasteiger partial charge in [-0.15, -0.1) is 0 Å². The topological polar surface area (TPSA) is 80.5 Å². The number of urea groups is 1. The minimum absolute atomic E-state index is 0.175. The Hall–Kier alpha value is -1.77. The molecule has 1 N–H and O–H groups in total. The second-order valence-electron chi connectivity index (χ2n) is 5.44. The molecule has 2 heterocycles. The molecule has 1 aliphatic heterocycles. The molecule has 22 heavy (non-hydrogen) atoms. The molecule has 1 aliphatic rings. The smallest absolute Gasteiger partial charge is 0.339 e. The maximum Gasteiger partial charge on any atom is 0.345 e. The van der Waals surface area contributed by atoms with Crippen molar-refractivity contribution in [3.8, 4) is 0 Å². The van der Waals surface area contributed by atoms with Gasteiger partial charge in [-0.25, -0.2) is 4.79 Å². The molecule has 124 valence electrons. The highest BCUT2D eigenvalue weighted by molar-refractivity contribution is 5.74. The fraction of sp³-hybridized carbons (Fsp3) is 0.769. The summed E-state index contributed by atoms with van der Waals surface area (Å²) >= 11 is 0. The number of carbonyl (C=O) groups is 1. The SMILES string of the molecule is CC(C)c1noc(CCNC(=O)N2CC[C@H](OC(F)F)C2)n1. The van der Waals surface area contributed by atoms with Crippen LogP contribution in [0.4, 0.5) is 13.6 Å². The van der Waals surface area contributed by atoms with Crippen molar-refractivity contribution < 1.29 is 22.8 Å². The quantitative estimate of drug-likeness (QED) is 0.864. The van der Waals surface area contributed by atoms with Gasteiger partial charge in [0, 0.05) is 32.0 Å². The van der Waals surface area contributed by atoms with Crippen LogP contribution >= 0.6 is 0 Å². The predicted octanol–water partition coefficient (Wildman–Crippen LogP) is 1.76. The second kappa shape index (κ2) is 7.48. The van der Waals surface area contributed by atoms with Crippen LogP contribution in [0.1, 0.15) is 37.9 Å². The van der Waals surface area contributed by atoms with Crippen molar-refractivity contribution in [1.82, 2.24) is 20.4 Å². The van der Waals surface area contributed by atoms with Gasteiger partial charge in [0.1, 0.15) is 0 Å². The first-order valence-corrected chi connectivity index (χ1v) is 7.24. The van der Waals surface area contributed by atoms with Gasteiger partial charge < -0.3 is 19.5 Å². The molecule has 0 aromatic carbocycles. The normalized spacial score (nSPS) is 18.5. The maximum absolute atomic E-state index is 12.1. The van der Waals surface area contributed by atoms with E-state index in [1.807, 2.05) is 13.8 Å². The molecule has 1 aromatic rings. The average molecular weight is 318 g/mol. The minimum atomic E-state index is -2.80. The van der Waals surface area contributed by atoms with Crippen molar-refractivity contribution in [3.05, 3.63) is 11.7 Å². The molecule has 0 unspecified atom stereocenters. The standard InChI is InChI=1S/C13H20F2N4O3/c1-8(2)11-17-10(22-18-11)3-5-16-13(20)19-6-4-9(7-19)21-12(14)15/h8-9,12H,3-7H2,1-2H3,(H,16,20)/t9-/m0/s1. The first kappa shape index (κ1) is 16.6. The number of likely N-dealkylation sites (tertiary alicyclic amines) is 1. The molecule has 1 aromatic heterocycles. The second-order valence-corrected chi connectivity index (χ2v) is 5.44. The minimum Gasteiger partial charge on any atom is -0.339 e. The third-order valence-corrected chi connectivity index (χ3v) is 3.34. The Kier molecular flexibility index (Phi) is 5.64. The van der Waals surface area contributed by atoms with E-state index < -0.39 is 12.7 Å².